The van der Waals surface area contributed by atoms with Gasteiger partial charge in [0.15, 0.2) is 0 Å². The zero-order chi connectivity index (χ0) is 16.4. The Hall–Kier alpha value is -1.62. The van der Waals surface area contributed by atoms with E-state index in [4.69, 9.17) is 4.74 Å². The number of nitrogens with zero attached hydrogens (tertiary/aromatic N) is 2. The molecule has 22 heavy (non-hydrogen) atoms. The molecule has 1 atom stereocenters. The predicted molar refractivity (Wildman–Crippen MR) is 84.9 cm³/mol. The molecule has 0 radical (unpaired) electrons. The van der Waals surface area contributed by atoms with Gasteiger partial charge >= 0.3 is 0 Å². The van der Waals surface area contributed by atoms with Gasteiger partial charge in [-0.15, -0.1) is 0 Å². The van der Waals surface area contributed by atoms with Crippen molar-refractivity contribution in [2.75, 3.05) is 19.7 Å². The summed E-state index contributed by atoms with van der Waals surface area (Å²) in [4.78, 5) is 18.6. The summed E-state index contributed by atoms with van der Waals surface area (Å²) in [6.45, 7) is 9.31. The number of ether oxygens (including phenoxy) is 1. The first kappa shape index (κ1) is 16.7. The highest BCUT2D eigenvalue weighted by atomic mass is 16.5. The van der Waals surface area contributed by atoms with Crippen molar-refractivity contribution in [3.8, 4) is 5.88 Å². The number of rotatable bonds is 3. The quantitative estimate of drug-likeness (QED) is 0.932. The lowest BCUT2D eigenvalue weighted by Gasteiger charge is -2.39. The second kappa shape index (κ2) is 6.24. The molecule has 1 amide bonds. The van der Waals surface area contributed by atoms with E-state index in [1.807, 2.05) is 27.7 Å². The van der Waals surface area contributed by atoms with Crippen molar-refractivity contribution in [3.63, 3.8) is 0 Å². The minimum absolute atomic E-state index is 0.0332. The van der Waals surface area contributed by atoms with Crippen LogP contribution in [-0.2, 0) is 0 Å². The molecule has 0 aromatic carbocycles. The summed E-state index contributed by atoms with van der Waals surface area (Å²) < 4.78 is 5.66. The van der Waals surface area contributed by atoms with Gasteiger partial charge in [0.25, 0.3) is 5.91 Å². The summed E-state index contributed by atoms with van der Waals surface area (Å²) >= 11 is 0. The SMILES string of the molecule is CC1(CO)CCCN(C(=O)c2ccc(OC(C)(C)C)nc2)C1. The van der Waals surface area contributed by atoms with Crippen LogP contribution in [0, 0.1) is 5.41 Å². The maximum absolute atomic E-state index is 12.6. The Morgan fingerprint density at radius 3 is 2.73 bits per heavy atom. The lowest BCUT2D eigenvalue weighted by Crippen LogP contribution is -2.46. The fourth-order valence-electron chi connectivity index (χ4n) is 2.68. The smallest absolute Gasteiger partial charge is 0.255 e. The molecule has 0 aliphatic carbocycles. The van der Waals surface area contributed by atoms with E-state index in [0.717, 1.165) is 19.4 Å². The first-order chi connectivity index (χ1) is 10.2. The van der Waals surface area contributed by atoms with Gasteiger partial charge in [-0.05, 0) is 39.7 Å². The summed E-state index contributed by atoms with van der Waals surface area (Å²) in [5.41, 5.74) is 0.0498. The van der Waals surface area contributed by atoms with E-state index >= 15 is 0 Å². The third kappa shape index (κ3) is 4.19. The number of amides is 1. The number of hydrogen-bond acceptors (Lipinski definition) is 4. The average Bonchev–Trinajstić information content (AvgIpc) is 2.46. The third-order valence-corrected chi connectivity index (χ3v) is 3.84. The molecule has 1 aromatic rings. The highest BCUT2D eigenvalue weighted by molar-refractivity contribution is 5.94. The highest BCUT2D eigenvalue weighted by Gasteiger charge is 2.33. The molecule has 2 heterocycles. The molecule has 0 spiro atoms. The summed E-state index contributed by atoms with van der Waals surface area (Å²) in [5.74, 6) is 0.483. The van der Waals surface area contributed by atoms with Crippen molar-refractivity contribution in [2.24, 2.45) is 5.41 Å². The van der Waals surface area contributed by atoms with Crippen molar-refractivity contribution >= 4 is 5.91 Å². The standard InChI is InChI=1S/C17H26N2O3/c1-16(2,3)22-14-7-6-13(10-18-14)15(21)19-9-5-8-17(4,11-19)12-20/h6-7,10,20H,5,8-9,11-12H2,1-4H3. The van der Waals surface area contributed by atoms with E-state index < -0.39 is 0 Å². The molecule has 1 aliphatic rings. The van der Waals surface area contributed by atoms with Crippen molar-refractivity contribution in [1.82, 2.24) is 9.88 Å². The summed E-state index contributed by atoms with van der Waals surface area (Å²) in [5, 5.41) is 9.50. The maximum Gasteiger partial charge on any atom is 0.255 e. The molecule has 2 rings (SSSR count). The van der Waals surface area contributed by atoms with Gasteiger partial charge in [-0.3, -0.25) is 4.79 Å². The minimum Gasteiger partial charge on any atom is -0.472 e. The van der Waals surface area contributed by atoms with Crippen LogP contribution in [-0.4, -0.2) is 46.2 Å². The van der Waals surface area contributed by atoms with Crippen LogP contribution in [0.15, 0.2) is 18.3 Å². The number of piperidine rings is 1. The van der Waals surface area contributed by atoms with E-state index in [-0.39, 0.29) is 23.5 Å². The van der Waals surface area contributed by atoms with Gasteiger partial charge in [0.1, 0.15) is 5.60 Å². The van der Waals surface area contributed by atoms with Crippen LogP contribution in [0.2, 0.25) is 0 Å². The normalized spacial score (nSPS) is 22.5. The number of aromatic nitrogens is 1. The first-order valence-electron chi connectivity index (χ1n) is 7.78. The number of pyridine rings is 1. The Labute approximate surface area is 132 Å². The zero-order valence-corrected chi connectivity index (χ0v) is 13.9. The zero-order valence-electron chi connectivity index (χ0n) is 13.9. The Bertz CT molecular complexity index is 522. The molecule has 1 aromatic heterocycles. The molecular weight excluding hydrogens is 280 g/mol. The van der Waals surface area contributed by atoms with Gasteiger partial charge in [0, 0.05) is 30.8 Å². The van der Waals surface area contributed by atoms with Crippen LogP contribution in [0.25, 0.3) is 0 Å². The summed E-state index contributed by atoms with van der Waals surface area (Å²) in [6, 6.07) is 3.48. The molecule has 122 valence electrons. The predicted octanol–water partition coefficient (Wildman–Crippen LogP) is 2.49. The van der Waals surface area contributed by atoms with Gasteiger partial charge < -0.3 is 14.7 Å². The van der Waals surface area contributed by atoms with E-state index in [1.54, 1.807) is 23.2 Å². The number of hydrogen-bond donors (Lipinski definition) is 1. The van der Waals surface area contributed by atoms with Crippen LogP contribution < -0.4 is 4.74 Å². The molecule has 0 bridgehead atoms. The molecule has 5 nitrogen and oxygen atoms in total. The summed E-state index contributed by atoms with van der Waals surface area (Å²) in [6.07, 6.45) is 3.43. The number of aliphatic hydroxyl groups excluding tert-OH is 1. The van der Waals surface area contributed by atoms with Crippen molar-refractivity contribution in [3.05, 3.63) is 23.9 Å². The molecule has 5 heteroatoms. The van der Waals surface area contributed by atoms with Crippen LogP contribution in [0.5, 0.6) is 5.88 Å². The fourth-order valence-corrected chi connectivity index (χ4v) is 2.68. The third-order valence-electron chi connectivity index (χ3n) is 3.84. The summed E-state index contributed by atoms with van der Waals surface area (Å²) in [7, 11) is 0. The van der Waals surface area contributed by atoms with Crippen molar-refractivity contribution in [1.29, 1.82) is 0 Å². The Morgan fingerprint density at radius 2 is 2.18 bits per heavy atom. The van der Waals surface area contributed by atoms with Gasteiger partial charge in [0.2, 0.25) is 5.88 Å². The molecule has 1 unspecified atom stereocenters. The minimum atomic E-state index is -0.311. The molecule has 1 N–H and O–H groups in total. The fraction of sp³-hybridized carbons (Fsp3) is 0.647. The van der Waals surface area contributed by atoms with E-state index in [2.05, 4.69) is 4.98 Å². The Balaban J connectivity index is 2.06. The van der Waals surface area contributed by atoms with E-state index in [1.165, 1.54) is 0 Å². The largest absolute Gasteiger partial charge is 0.472 e. The average molecular weight is 306 g/mol. The Morgan fingerprint density at radius 1 is 1.45 bits per heavy atom. The van der Waals surface area contributed by atoms with E-state index in [0.29, 0.717) is 18.0 Å². The number of carbonyl (C=O) groups is 1. The van der Waals surface area contributed by atoms with Gasteiger partial charge in [-0.25, -0.2) is 4.98 Å². The molecule has 1 aliphatic heterocycles. The van der Waals surface area contributed by atoms with Crippen LogP contribution in [0.3, 0.4) is 0 Å². The number of likely N-dealkylation sites (tertiary alicyclic amines) is 1. The molecule has 1 fully saturated rings. The maximum atomic E-state index is 12.6. The number of carbonyl (C=O) groups excluding carboxylic acids is 1. The topological polar surface area (TPSA) is 62.7 Å². The monoisotopic (exact) mass is 306 g/mol. The van der Waals surface area contributed by atoms with Crippen molar-refractivity contribution in [2.45, 2.75) is 46.1 Å². The molecule has 0 saturated carbocycles. The second-order valence-electron chi connectivity index (χ2n) is 7.40. The Kier molecular flexibility index (Phi) is 4.75. The van der Waals surface area contributed by atoms with Crippen LogP contribution in [0.4, 0.5) is 0 Å². The molecule has 1 saturated heterocycles. The number of aliphatic hydroxyl groups is 1. The second-order valence-corrected chi connectivity index (χ2v) is 7.40. The van der Waals surface area contributed by atoms with Gasteiger partial charge in [0.05, 0.1) is 12.2 Å². The van der Waals surface area contributed by atoms with Crippen LogP contribution in [0.1, 0.15) is 50.9 Å². The van der Waals surface area contributed by atoms with Crippen molar-refractivity contribution < 1.29 is 14.6 Å². The van der Waals surface area contributed by atoms with Gasteiger partial charge in [-0.2, -0.15) is 0 Å². The first-order valence-corrected chi connectivity index (χ1v) is 7.78. The van der Waals surface area contributed by atoms with Gasteiger partial charge in [-0.1, -0.05) is 6.92 Å². The lowest BCUT2D eigenvalue weighted by atomic mass is 9.82. The van der Waals surface area contributed by atoms with Crippen LogP contribution >= 0.6 is 0 Å². The molecular formula is C17H26N2O3. The lowest BCUT2D eigenvalue weighted by molar-refractivity contribution is 0.0357. The highest BCUT2D eigenvalue weighted by Crippen LogP contribution is 2.29. The van der Waals surface area contributed by atoms with E-state index in [9.17, 15) is 9.90 Å².